The molecule has 0 bridgehead atoms. The van der Waals surface area contributed by atoms with Crippen LogP contribution in [0.1, 0.15) is 0 Å². The number of nitrogens with one attached hydrogen (secondary N) is 1. The number of benzene rings is 2. The van der Waals surface area contributed by atoms with Crippen molar-refractivity contribution in [1.29, 1.82) is 0 Å². The third kappa shape index (κ3) is 3.79. The first-order valence-electron chi connectivity index (χ1n) is 5.52. The smallest absolute Gasteiger partial charge is 0.119 e. The zero-order valence-corrected chi connectivity index (χ0v) is 11.0. The number of hydrogen-bond donors (Lipinski definition) is 1. The molecule has 2 nitrogen and oxygen atoms in total. The van der Waals surface area contributed by atoms with E-state index in [1.165, 1.54) is 0 Å². The van der Waals surface area contributed by atoms with Crippen LogP contribution in [-0.4, -0.2) is 13.2 Å². The highest BCUT2D eigenvalue weighted by Crippen LogP contribution is 2.20. The summed E-state index contributed by atoms with van der Waals surface area (Å²) in [6.45, 7) is 1.42. The van der Waals surface area contributed by atoms with Gasteiger partial charge in [0.1, 0.15) is 12.4 Å². The molecule has 0 amide bonds. The molecule has 0 unspecified atom stereocenters. The number of para-hydroxylation sites is 2. The standard InChI is InChI=1S/C14H14BrNO/c15-13-8-4-5-9-14(13)16-10-11-17-12-6-2-1-3-7-12/h1-9,16H,10-11H2. The van der Waals surface area contributed by atoms with E-state index in [-0.39, 0.29) is 0 Å². The molecule has 1 N–H and O–H groups in total. The lowest BCUT2D eigenvalue weighted by molar-refractivity contribution is 0.333. The van der Waals surface area contributed by atoms with E-state index in [1.54, 1.807) is 0 Å². The number of hydrogen-bond acceptors (Lipinski definition) is 2. The monoisotopic (exact) mass is 291 g/mol. The molecule has 2 rings (SSSR count). The summed E-state index contributed by atoms with van der Waals surface area (Å²) in [6, 6.07) is 17.9. The lowest BCUT2D eigenvalue weighted by Crippen LogP contribution is -2.11. The van der Waals surface area contributed by atoms with E-state index in [1.807, 2.05) is 54.6 Å². The number of rotatable bonds is 5. The second-order valence-electron chi connectivity index (χ2n) is 3.57. The largest absolute Gasteiger partial charge is 0.492 e. The third-order valence-corrected chi connectivity index (χ3v) is 2.99. The van der Waals surface area contributed by atoms with E-state index in [0.717, 1.165) is 22.5 Å². The molecule has 0 atom stereocenters. The average Bonchev–Trinajstić information content (AvgIpc) is 2.38. The minimum atomic E-state index is 0.644. The highest BCUT2D eigenvalue weighted by molar-refractivity contribution is 9.10. The van der Waals surface area contributed by atoms with Crippen molar-refractivity contribution in [2.24, 2.45) is 0 Å². The van der Waals surface area contributed by atoms with Crippen LogP contribution in [0.15, 0.2) is 59.1 Å². The molecule has 0 fully saturated rings. The molecular weight excluding hydrogens is 278 g/mol. The Bertz CT molecular complexity index is 459. The van der Waals surface area contributed by atoms with Gasteiger partial charge in [0.05, 0.1) is 0 Å². The van der Waals surface area contributed by atoms with Gasteiger partial charge in [-0.2, -0.15) is 0 Å². The Morgan fingerprint density at radius 1 is 0.941 bits per heavy atom. The Labute approximate surface area is 110 Å². The minimum Gasteiger partial charge on any atom is -0.492 e. The third-order valence-electron chi connectivity index (χ3n) is 2.30. The summed E-state index contributed by atoms with van der Waals surface area (Å²) in [6.07, 6.45) is 0. The first-order chi connectivity index (χ1) is 8.36. The van der Waals surface area contributed by atoms with Crippen molar-refractivity contribution in [1.82, 2.24) is 0 Å². The van der Waals surface area contributed by atoms with Crippen LogP contribution >= 0.6 is 15.9 Å². The van der Waals surface area contributed by atoms with E-state index >= 15 is 0 Å². The van der Waals surface area contributed by atoms with Gasteiger partial charge in [-0.3, -0.25) is 0 Å². The van der Waals surface area contributed by atoms with Gasteiger partial charge in [0.25, 0.3) is 0 Å². The summed E-state index contributed by atoms with van der Waals surface area (Å²) < 4.78 is 6.66. The highest BCUT2D eigenvalue weighted by atomic mass is 79.9. The maximum atomic E-state index is 5.59. The van der Waals surface area contributed by atoms with E-state index in [9.17, 15) is 0 Å². The second kappa shape index (κ2) is 6.30. The van der Waals surface area contributed by atoms with Crippen LogP contribution in [-0.2, 0) is 0 Å². The van der Waals surface area contributed by atoms with Gasteiger partial charge < -0.3 is 10.1 Å². The molecule has 0 aliphatic heterocycles. The summed E-state index contributed by atoms with van der Waals surface area (Å²) in [4.78, 5) is 0. The molecule has 2 aromatic rings. The van der Waals surface area contributed by atoms with E-state index < -0.39 is 0 Å². The van der Waals surface area contributed by atoms with Crippen molar-refractivity contribution in [3.05, 3.63) is 59.1 Å². The lowest BCUT2D eigenvalue weighted by Gasteiger charge is -2.09. The van der Waals surface area contributed by atoms with Crippen molar-refractivity contribution in [2.75, 3.05) is 18.5 Å². The number of anilines is 1. The molecule has 0 aromatic heterocycles. The van der Waals surface area contributed by atoms with E-state index in [2.05, 4.69) is 21.2 Å². The first-order valence-corrected chi connectivity index (χ1v) is 6.32. The maximum Gasteiger partial charge on any atom is 0.119 e. The molecule has 3 heteroatoms. The molecule has 0 heterocycles. The molecule has 2 aromatic carbocycles. The van der Waals surface area contributed by atoms with Gasteiger partial charge in [0, 0.05) is 16.7 Å². The lowest BCUT2D eigenvalue weighted by atomic mass is 10.3. The van der Waals surface area contributed by atoms with Crippen LogP contribution in [0.4, 0.5) is 5.69 Å². The van der Waals surface area contributed by atoms with Crippen LogP contribution in [0.2, 0.25) is 0 Å². The van der Waals surface area contributed by atoms with Gasteiger partial charge in [-0.1, -0.05) is 30.3 Å². The van der Waals surface area contributed by atoms with Crippen LogP contribution in [0, 0.1) is 0 Å². The molecule has 0 aliphatic carbocycles. The Hall–Kier alpha value is -1.48. The minimum absolute atomic E-state index is 0.644. The molecule has 0 aliphatic rings. The molecule has 0 spiro atoms. The van der Waals surface area contributed by atoms with Gasteiger partial charge in [-0.25, -0.2) is 0 Å². The van der Waals surface area contributed by atoms with Crippen molar-refractivity contribution in [2.45, 2.75) is 0 Å². The highest BCUT2D eigenvalue weighted by Gasteiger charge is 1.96. The quantitative estimate of drug-likeness (QED) is 0.843. The van der Waals surface area contributed by atoms with Gasteiger partial charge in [-0.05, 0) is 40.2 Å². The van der Waals surface area contributed by atoms with Gasteiger partial charge >= 0.3 is 0 Å². The summed E-state index contributed by atoms with van der Waals surface area (Å²) in [5.41, 5.74) is 1.09. The average molecular weight is 292 g/mol. The van der Waals surface area contributed by atoms with Crippen molar-refractivity contribution in [3.63, 3.8) is 0 Å². The Balaban J connectivity index is 1.76. The normalized spacial score (nSPS) is 9.94. The van der Waals surface area contributed by atoms with Gasteiger partial charge in [0.15, 0.2) is 0 Å². The predicted octanol–water partition coefficient (Wildman–Crippen LogP) is 3.94. The number of halogens is 1. The van der Waals surface area contributed by atoms with E-state index in [0.29, 0.717) is 6.61 Å². The SMILES string of the molecule is Brc1ccccc1NCCOc1ccccc1. The fourth-order valence-electron chi connectivity index (χ4n) is 1.48. The zero-order chi connectivity index (χ0) is 11.9. The summed E-state index contributed by atoms with van der Waals surface area (Å²) in [5, 5.41) is 3.31. The van der Waals surface area contributed by atoms with Gasteiger partial charge in [-0.15, -0.1) is 0 Å². The van der Waals surface area contributed by atoms with Crippen molar-refractivity contribution in [3.8, 4) is 5.75 Å². The van der Waals surface area contributed by atoms with Gasteiger partial charge in [0.2, 0.25) is 0 Å². The van der Waals surface area contributed by atoms with Crippen LogP contribution in [0.5, 0.6) is 5.75 Å². The number of ether oxygens (including phenoxy) is 1. The Morgan fingerprint density at radius 2 is 1.65 bits per heavy atom. The van der Waals surface area contributed by atoms with Crippen molar-refractivity contribution < 1.29 is 4.74 Å². The molecule has 0 saturated carbocycles. The topological polar surface area (TPSA) is 21.3 Å². The molecule has 0 saturated heterocycles. The van der Waals surface area contributed by atoms with Crippen LogP contribution < -0.4 is 10.1 Å². The zero-order valence-electron chi connectivity index (χ0n) is 9.40. The van der Waals surface area contributed by atoms with Crippen LogP contribution in [0.3, 0.4) is 0 Å². The predicted molar refractivity (Wildman–Crippen MR) is 74.6 cm³/mol. The molecule has 17 heavy (non-hydrogen) atoms. The maximum absolute atomic E-state index is 5.59. The fraction of sp³-hybridized carbons (Fsp3) is 0.143. The Morgan fingerprint density at radius 3 is 2.41 bits per heavy atom. The van der Waals surface area contributed by atoms with E-state index in [4.69, 9.17) is 4.74 Å². The van der Waals surface area contributed by atoms with Crippen molar-refractivity contribution >= 4 is 21.6 Å². The fourth-order valence-corrected chi connectivity index (χ4v) is 1.90. The summed E-state index contributed by atoms with van der Waals surface area (Å²) in [5.74, 6) is 0.904. The summed E-state index contributed by atoms with van der Waals surface area (Å²) >= 11 is 3.49. The second-order valence-corrected chi connectivity index (χ2v) is 4.42. The van der Waals surface area contributed by atoms with Crippen LogP contribution in [0.25, 0.3) is 0 Å². The molecule has 88 valence electrons. The Kier molecular flexibility index (Phi) is 4.45. The molecular formula is C14H14BrNO. The summed E-state index contributed by atoms with van der Waals surface area (Å²) in [7, 11) is 0. The molecule has 0 radical (unpaired) electrons. The first kappa shape index (κ1) is 12.0.